The lowest BCUT2D eigenvalue weighted by Crippen LogP contribution is -2.47. The van der Waals surface area contributed by atoms with Crippen LogP contribution >= 0.6 is 11.6 Å². The summed E-state index contributed by atoms with van der Waals surface area (Å²) < 4.78 is 37.7. The summed E-state index contributed by atoms with van der Waals surface area (Å²) in [6.07, 6.45) is -3.50. The molecular formula is C15H15ClF3N5. The molecule has 0 radical (unpaired) electrons. The lowest BCUT2D eigenvalue weighted by atomic mass is 10.2. The van der Waals surface area contributed by atoms with Gasteiger partial charge in [0.2, 0.25) is 0 Å². The summed E-state index contributed by atoms with van der Waals surface area (Å²) in [5, 5.41) is 0.393. The third-order valence-electron chi connectivity index (χ3n) is 3.80. The molecule has 1 fully saturated rings. The number of rotatable bonds is 2. The molecule has 1 aliphatic heterocycles. The number of anilines is 2. The molecule has 0 atom stereocenters. The van der Waals surface area contributed by atoms with Gasteiger partial charge in [0.1, 0.15) is 22.6 Å². The fourth-order valence-electron chi connectivity index (χ4n) is 2.58. The summed E-state index contributed by atoms with van der Waals surface area (Å²) in [5.41, 5.74) is -0.740. The Bertz CT molecular complexity index is 692. The van der Waals surface area contributed by atoms with Crippen LogP contribution in [0.5, 0.6) is 0 Å². The summed E-state index contributed by atoms with van der Waals surface area (Å²) in [6, 6.07) is 4.17. The fourth-order valence-corrected chi connectivity index (χ4v) is 2.80. The zero-order valence-corrected chi connectivity index (χ0v) is 13.6. The first-order valence-electron chi connectivity index (χ1n) is 7.37. The Hall–Kier alpha value is -2.09. The highest BCUT2D eigenvalue weighted by atomic mass is 35.5. The first-order valence-corrected chi connectivity index (χ1v) is 7.75. The van der Waals surface area contributed by atoms with Crippen molar-refractivity contribution in [2.45, 2.75) is 13.1 Å². The molecule has 1 saturated heterocycles. The van der Waals surface area contributed by atoms with Crippen LogP contribution < -0.4 is 9.80 Å². The van der Waals surface area contributed by atoms with Crippen LogP contribution in [0.1, 0.15) is 11.4 Å². The standard InChI is InChI=1S/C15H15ClF3N5/c1-10-21-12(16)8-14(22-10)24-6-4-23(5-7-24)13-3-2-11(9-20-13)15(17,18)19/h2-3,8-9H,4-7H2,1H3. The van der Waals surface area contributed by atoms with E-state index in [9.17, 15) is 13.2 Å². The zero-order valence-electron chi connectivity index (χ0n) is 12.9. The Kier molecular flexibility index (Phi) is 4.49. The average molecular weight is 358 g/mol. The van der Waals surface area contributed by atoms with Gasteiger partial charge in [-0.15, -0.1) is 0 Å². The minimum absolute atomic E-state index is 0.393. The van der Waals surface area contributed by atoms with E-state index in [0.717, 1.165) is 18.1 Å². The van der Waals surface area contributed by atoms with Crippen LogP contribution in [0.3, 0.4) is 0 Å². The van der Waals surface area contributed by atoms with Crippen LogP contribution in [-0.4, -0.2) is 41.1 Å². The maximum atomic E-state index is 12.6. The second-order valence-electron chi connectivity index (χ2n) is 5.47. The lowest BCUT2D eigenvalue weighted by Gasteiger charge is -2.36. The molecule has 2 aromatic heterocycles. The minimum Gasteiger partial charge on any atom is -0.353 e. The predicted molar refractivity (Wildman–Crippen MR) is 85.4 cm³/mol. The SMILES string of the molecule is Cc1nc(Cl)cc(N2CCN(c3ccc(C(F)(F)F)cn3)CC2)n1. The number of hydrogen-bond acceptors (Lipinski definition) is 5. The molecule has 3 heterocycles. The maximum absolute atomic E-state index is 12.6. The van der Waals surface area contributed by atoms with Crippen molar-refractivity contribution in [2.24, 2.45) is 0 Å². The topological polar surface area (TPSA) is 45.2 Å². The molecule has 128 valence electrons. The highest BCUT2D eigenvalue weighted by Crippen LogP contribution is 2.29. The largest absolute Gasteiger partial charge is 0.417 e. The molecule has 0 aliphatic carbocycles. The molecule has 9 heteroatoms. The first kappa shape index (κ1) is 16.8. The van der Waals surface area contributed by atoms with Crippen LogP contribution in [0.25, 0.3) is 0 Å². The van der Waals surface area contributed by atoms with Gasteiger partial charge in [-0.1, -0.05) is 11.6 Å². The Labute approximate surface area is 142 Å². The molecule has 0 N–H and O–H groups in total. The van der Waals surface area contributed by atoms with Gasteiger partial charge in [0.15, 0.2) is 0 Å². The van der Waals surface area contributed by atoms with Gasteiger partial charge < -0.3 is 9.80 Å². The number of hydrogen-bond donors (Lipinski definition) is 0. The summed E-state index contributed by atoms with van der Waals surface area (Å²) in [4.78, 5) is 16.4. The van der Waals surface area contributed by atoms with Gasteiger partial charge in [0.25, 0.3) is 0 Å². The molecule has 0 bridgehead atoms. The molecule has 0 amide bonds. The highest BCUT2D eigenvalue weighted by Gasteiger charge is 2.31. The maximum Gasteiger partial charge on any atom is 0.417 e. The van der Waals surface area contributed by atoms with E-state index in [-0.39, 0.29) is 0 Å². The van der Waals surface area contributed by atoms with Gasteiger partial charge in [-0.2, -0.15) is 13.2 Å². The van der Waals surface area contributed by atoms with Gasteiger partial charge in [-0.25, -0.2) is 15.0 Å². The molecule has 0 unspecified atom stereocenters. The van der Waals surface area contributed by atoms with Gasteiger partial charge in [-0.05, 0) is 19.1 Å². The van der Waals surface area contributed by atoms with E-state index in [0.29, 0.717) is 43.0 Å². The third-order valence-corrected chi connectivity index (χ3v) is 3.99. The van der Waals surface area contributed by atoms with Gasteiger partial charge in [0.05, 0.1) is 5.56 Å². The van der Waals surface area contributed by atoms with Crippen molar-refractivity contribution in [1.82, 2.24) is 15.0 Å². The van der Waals surface area contributed by atoms with Crippen molar-refractivity contribution in [3.05, 3.63) is 40.9 Å². The molecule has 24 heavy (non-hydrogen) atoms. The molecule has 0 aromatic carbocycles. The van der Waals surface area contributed by atoms with Crippen LogP contribution in [0.4, 0.5) is 24.8 Å². The van der Waals surface area contributed by atoms with E-state index in [1.165, 1.54) is 6.07 Å². The van der Waals surface area contributed by atoms with Crippen LogP contribution in [0.15, 0.2) is 24.4 Å². The molecule has 1 aliphatic rings. The summed E-state index contributed by atoms with van der Waals surface area (Å²) in [6.45, 7) is 4.40. The highest BCUT2D eigenvalue weighted by molar-refractivity contribution is 6.29. The Balaban J connectivity index is 1.66. The summed E-state index contributed by atoms with van der Waals surface area (Å²) >= 11 is 5.96. The molecule has 0 saturated carbocycles. The second-order valence-corrected chi connectivity index (χ2v) is 5.86. The van der Waals surface area contributed by atoms with E-state index >= 15 is 0 Å². The van der Waals surface area contributed by atoms with Gasteiger partial charge >= 0.3 is 6.18 Å². The predicted octanol–water partition coefficient (Wildman–Crippen LogP) is 3.18. The van der Waals surface area contributed by atoms with E-state index in [1.807, 2.05) is 4.90 Å². The minimum atomic E-state index is -4.37. The Morgan fingerprint density at radius 3 is 2.12 bits per heavy atom. The number of alkyl halides is 3. The van der Waals surface area contributed by atoms with Crippen molar-refractivity contribution in [3.8, 4) is 0 Å². The van der Waals surface area contributed by atoms with Crippen LogP contribution in [0, 0.1) is 6.92 Å². The smallest absolute Gasteiger partial charge is 0.353 e. The number of piperazine rings is 1. The van der Waals surface area contributed by atoms with Crippen LogP contribution in [0.2, 0.25) is 5.15 Å². The number of aryl methyl sites for hydroxylation is 1. The van der Waals surface area contributed by atoms with Crippen molar-refractivity contribution in [3.63, 3.8) is 0 Å². The summed E-state index contributed by atoms with van der Waals surface area (Å²) in [5.74, 6) is 1.90. The average Bonchev–Trinajstić information content (AvgIpc) is 2.53. The molecular weight excluding hydrogens is 343 g/mol. The molecule has 5 nitrogen and oxygen atoms in total. The van der Waals surface area contributed by atoms with E-state index in [2.05, 4.69) is 19.9 Å². The van der Waals surface area contributed by atoms with E-state index < -0.39 is 11.7 Å². The normalized spacial score (nSPS) is 15.7. The van der Waals surface area contributed by atoms with E-state index in [1.54, 1.807) is 13.0 Å². The Morgan fingerprint density at radius 1 is 1.00 bits per heavy atom. The zero-order chi connectivity index (χ0) is 17.3. The summed E-state index contributed by atoms with van der Waals surface area (Å²) in [7, 11) is 0. The lowest BCUT2D eigenvalue weighted by molar-refractivity contribution is -0.137. The van der Waals surface area contributed by atoms with Crippen molar-refractivity contribution in [2.75, 3.05) is 36.0 Å². The first-order chi connectivity index (χ1) is 11.3. The molecule has 3 rings (SSSR count). The second kappa shape index (κ2) is 6.43. The number of pyridine rings is 1. The Morgan fingerprint density at radius 2 is 1.62 bits per heavy atom. The number of nitrogens with zero attached hydrogens (tertiary/aromatic N) is 5. The van der Waals surface area contributed by atoms with Crippen molar-refractivity contribution in [1.29, 1.82) is 0 Å². The van der Waals surface area contributed by atoms with Crippen molar-refractivity contribution >= 4 is 23.2 Å². The number of halogens is 4. The number of aromatic nitrogens is 3. The molecule has 0 spiro atoms. The van der Waals surface area contributed by atoms with Crippen molar-refractivity contribution < 1.29 is 13.2 Å². The van der Waals surface area contributed by atoms with Crippen LogP contribution in [-0.2, 0) is 6.18 Å². The van der Waals surface area contributed by atoms with E-state index in [4.69, 9.17) is 11.6 Å². The monoisotopic (exact) mass is 357 g/mol. The molecule has 2 aromatic rings. The fraction of sp³-hybridized carbons (Fsp3) is 0.400. The van der Waals surface area contributed by atoms with Gasteiger partial charge in [-0.3, -0.25) is 0 Å². The van der Waals surface area contributed by atoms with Gasteiger partial charge in [0, 0.05) is 38.4 Å². The quantitative estimate of drug-likeness (QED) is 0.772. The third kappa shape index (κ3) is 3.69.